The van der Waals surface area contributed by atoms with Crippen LogP contribution in [0.3, 0.4) is 0 Å². The number of phenolic OH excluding ortho intramolecular Hbond substituents is 1. The normalized spacial score (nSPS) is 10.7. The van der Waals surface area contributed by atoms with Crippen LogP contribution in [0.1, 0.15) is 21.5 Å². The second-order valence-electron chi connectivity index (χ2n) is 7.60. The lowest BCUT2D eigenvalue weighted by molar-refractivity contribution is -0.139. The molecular formula is C25H26ClN3O8S. The molecule has 202 valence electrons. The lowest BCUT2D eigenvalue weighted by Crippen LogP contribution is -2.26. The van der Waals surface area contributed by atoms with Crippen LogP contribution in [0.25, 0.3) is 11.1 Å². The summed E-state index contributed by atoms with van der Waals surface area (Å²) in [6.07, 6.45) is 1.56. The minimum Gasteiger partial charge on any atom is -0.507 e. The van der Waals surface area contributed by atoms with E-state index in [4.69, 9.17) is 21.0 Å². The molecule has 0 unspecified atom stereocenters. The van der Waals surface area contributed by atoms with Gasteiger partial charge in [0, 0.05) is 18.5 Å². The number of hydrogen-bond acceptors (Lipinski definition) is 7. The van der Waals surface area contributed by atoms with Crippen molar-refractivity contribution in [3.8, 4) is 22.6 Å². The summed E-state index contributed by atoms with van der Waals surface area (Å²) in [5.74, 6) is -3.08. The fourth-order valence-electron chi connectivity index (χ4n) is 3.42. The van der Waals surface area contributed by atoms with Crippen molar-refractivity contribution in [3.05, 3.63) is 77.4 Å². The van der Waals surface area contributed by atoms with Crippen LogP contribution in [0.5, 0.6) is 11.5 Å². The number of nitrogen functional groups attached to an aromatic ring is 1. The molecule has 0 radical (unpaired) electrons. The number of aliphatic carboxylic acids is 1. The maximum absolute atomic E-state index is 12.7. The third kappa shape index (κ3) is 7.68. The predicted molar refractivity (Wildman–Crippen MR) is 142 cm³/mol. The number of sulfonamides is 1. The van der Waals surface area contributed by atoms with E-state index in [1.54, 1.807) is 30.3 Å². The van der Waals surface area contributed by atoms with Crippen molar-refractivity contribution in [2.24, 2.45) is 5.73 Å². The summed E-state index contributed by atoms with van der Waals surface area (Å²) in [5.41, 5.74) is 6.91. The third-order valence-corrected chi connectivity index (χ3v) is 6.62. The highest BCUT2D eigenvalue weighted by atomic mass is 35.5. The van der Waals surface area contributed by atoms with Gasteiger partial charge in [-0.1, -0.05) is 30.3 Å². The van der Waals surface area contributed by atoms with E-state index in [0.29, 0.717) is 16.7 Å². The van der Waals surface area contributed by atoms with E-state index in [9.17, 15) is 28.2 Å². The average molecular weight is 564 g/mol. The molecule has 0 saturated carbocycles. The first-order valence-corrected chi connectivity index (χ1v) is 13.1. The lowest BCUT2D eigenvalue weighted by Gasteiger charge is -2.14. The highest BCUT2D eigenvalue weighted by molar-refractivity contribution is 7.89. The Morgan fingerprint density at radius 2 is 1.74 bits per heavy atom. The molecule has 0 fully saturated rings. The van der Waals surface area contributed by atoms with Gasteiger partial charge in [-0.3, -0.25) is 5.41 Å². The van der Waals surface area contributed by atoms with E-state index < -0.39 is 39.2 Å². The molecule has 0 amide bonds. The maximum atomic E-state index is 12.7. The van der Waals surface area contributed by atoms with Crippen LogP contribution < -0.4 is 15.2 Å². The van der Waals surface area contributed by atoms with Crippen LogP contribution in [-0.2, 0) is 21.2 Å². The van der Waals surface area contributed by atoms with Gasteiger partial charge >= 0.3 is 11.9 Å². The quantitative estimate of drug-likeness (QED) is 0.115. The molecule has 0 bridgehead atoms. The fourth-order valence-corrected chi connectivity index (χ4v) is 4.57. The molecule has 0 aliphatic heterocycles. The number of rotatable bonds is 11. The molecule has 0 aliphatic carbocycles. The van der Waals surface area contributed by atoms with E-state index in [-0.39, 0.29) is 35.7 Å². The Morgan fingerprint density at radius 1 is 1.05 bits per heavy atom. The van der Waals surface area contributed by atoms with E-state index >= 15 is 0 Å². The third-order valence-electron chi connectivity index (χ3n) is 5.13. The van der Waals surface area contributed by atoms with Gasteiger partial charge in [-0.25, -0.2) is 22.7 Å². The van der Waals surface area contributed by atoms with E-state index in [2.05, 4.69) is 16.3 Å². The number of ether oxygens (including phenoxy) is 1. The number of nitrogens with two attached hydrogens (primary N) is 1. The topological polar surface area (TPSA) is 200 Å². The molecule has 0 aromatic heterocycles. The smallest absolute Gasteiger partial charge is 0.341 e. The van der Waals surface area contributed by atoms with Gasteiger partial charge in [0.15, 0.2) is 6.61 Å². The van der Waals surface area contributed by atoms with Gasteiger partial charge in [-0.05, 0) is 53.4 Å². The molecule has 11 nitrogen and oxygen atoms in total. The molecule has 3 rings (SSSR count). The van der Waals surface area contributed by atoms with Crippen molar-refractivity contribution in [1.29, 1.82) is 5.41 Å². The molecular weight excluding hydrogens is 538 g/mol. The van der Waals surface area contributed by atoms with Gasteiger partial charge in [0.25, 0.3) is 0 Å². The zero-order valence-electron chi connectivity index (χ0n) is 20.1. The lowest BCUT2D eigenvalue weighted by atomic mass is 9.97. The van der Waals surface area contributed by atoms with Crippen LogP contribution >= 0.6 is 11.6 Å². The van der Waals surface area contributed by atoms with Crippen molar-refractivity contribution in [2.45, 2.75) is 11.3 Å². The molecule has 0 heterocycles. The zero-order chi connectivity index (χ0) is 28.5. The standard InChI is InChI=1S/C24H23N3O8S.CH3Cl/c25-23(26)16-7-8-19(28)21(12-16)36(33,34)27-10-9-14-5-6-15(11-20(14)35-13-22(29)30)17-3-1-2-4-18(17)24(31)32;1-2/h1-8,11-12,27-28H,9-10,13H2,(H3,25,26)(H,29,30)(H,31,32);1H3. The van der Waals surface area contributed by atoms with E-state index in [1.165, 1.54) is 24.6 Å². The van der Waals surface area contributed by atoms with Crippen LogP contribution in [0.4, 0.5) is 0 Å². The molecule has 38 heavy (non-hydrogen) atoms. The number of phenols is 1. The second-order valence-corrected chi connectivity index (χ2v) is 9.33. The molecule has 0 atom stereocenters. The number of carbonyl (C=O) groups is 2. The molecule has 0 spiro atoms. The number of amidine groups is 1. The number of benzene rings is 3. The summed E-state index contributed by atoms with van der Waals surface area (Å²) < 4.78 is 33.2. The Hall–Kier alpha value is -4.13. The van der Waals surface area contributed by atoms with Gasteiger partial charge < -0.3 is 25.8 Å². The number of aromatic hydroxyl groups is 1. The summed E-state index contributed by atoms with van der Waals surface area (Å²) in [4.78, 5) is 22.2. The Kier molecular flexibility index (Phi) is 10.6. The zero-order valence-corrected chi connectivity index (χ0v) is 21.7. The first-order chi connectivity index (χ1) is 18.0. The van der Waals surface area contributed by atoms with Crippen molar-refractivity contribution in [2.75, 3.05) is 19.5 Å². The Morgan fingerprint density at radius 3 is 2.37 bits per heavy atom. The Labute approximate surface area is 224 Å². The molecule has 7 N–H and O–H groups in total. The van der Waals surface area contributed by atoms with Crippen molar-refractivity contribution >= 4 is 39.4 Å². The van der Waals surface area contributed by atoms with Crippen molar-refractivity contribution in [3.63, 3.8) is 0 Å². The highest BCUT2D eigenvalue weighted by Crippen LogP contribution is 2.30. The highest BCUT2D eigenvalue weighted by Gasteiger charge is 2.20. The number of carboxylic acid groups (broad SMARTS) is 2. The SMILES string of the molecule is CCl.N=C(N)c1ccc(O)c(S(=O)(=O)NCCc2ccc(-c3ccccc3C(=O)O)cc2OCC(=O)O)c1. The number of carboxylic acids is 2. The Bertz CT molecular complexity index is 1440. The molecule has 3 aromatic rings. The largest absolute Gasteiger partial charge is 0.507 e. The minimum absolute atomic E-state index is 0.0507. The number of nitrogens with one attached hydrogen (secondary N) is 2. The molecule has 3 aromatic carbocycles. The Balaban J connectivity index is 0.00000247. The molecule has 13 heteroatoms. The van der Waals surface area contributed by atoms with Crippen LogP contribution in [-0.4, -0.2) is 61.0 Å². The van der Waals surface area contributed by atoms with Crippen LogP contribution in [0, 0.1) is 5.41 Å². The molecule has 0 saturated heterocycles. The van der Waals surface area contributed by atoms with Crippen LogP contribution in [0.15, 0.2) is 65.6 Å². The van der Waals surface area contributed by atoms with E-state index in [0.717, 1.165) is 12.1 Å². The number of alkyl halides is 1. The summed E-state index contributed by atoms with van der Waals surface area (Å²) in [7, 11) is -4.17. The van der Waals surface area contributed by atoms with Crippen molar-refractivity contribution < 1.29 is 38.1 Å². The van der Waals surface area contributed by atoms with Crippen LogP contribution in [0.2, 0.25) is 0 Å². The van der Waals surface area contributed by atoms with Gasteiger partial charge in [0.2, 0.25) is 10.0 Å². The van der Waals surface area contributed by atoms with E-state index in [1.807, 2.05) is 0 Å². The second kappa shape index (κ2) is 13.4. The molecule has 0 aliphatic rings. The number of hydrogen-bond donors (Lipinski definition) is 6. The fraction of sp³-hybridized carbons (Fsp3) is 0.160. The minimum atomic E-state index is -4.17. The average Bonchev–Trinajstić information content (AvgIpc) is 2.89. The summed E-state index contributed by atoms with van der Waals surface area (Å²) >= 11 is 4.64. The van der Waals surface area contributed by atoms with Gasteiger partial charge in [0.05, 0.1) is 5.56 Å². The summed E-state index contributed by atoms with van der Waals surface area (Å²) in [6, 6.07) is 14.5. The first kappa shape index (κ1) is 30.1. The maximum Gasteiger partial charge on any atom is 0.341 e. The van der Waals surface area contributed by atoms with Crippen molar-refractivity contribution in [1.82, 2.24) is 4.72 Å². The van der Waals surface area contributed by atoms with Gasteiger partial charge in [-0.2, -0.15) is 0 Å². The van der Waals surface area contributed by atoms with Gasteiger partial charge in [-0.15, -0.1) is 11.6 Å². The summed E-state index contributed by atoms with van der Waals surface area (Å²) in [6.45, 7) is -0.797. The monoisotopic (exact) mass is 563 g/mol. The van der Waals surface area contributed by atoms with Gasteiger partial charge in [0.1, 0.15) is 22.2 Å². The number of halogens is 1. The summed E-state index contributed by atoms with van der Waals surface area (Å²) in [5, 5.41) is 35.9. The number of aromatic carboxylic acids is 1. The predicted octanol–water partition coefficient (Wildman–Crippen LogP) is 2.88. The first-order valence-electron chi connectivity index (χ1n) is 10.8.